The Bertz CT molecular complexity index is 1070. The number of ether oxygens (including phenoxy) is 2. The van der Waals surface area contributed by atoms with Gasteiger partial charge in [0, 0.05) is 0 Å². The van der Waals surface area contributed by atoms with Crippen LogP contribution in [-0.4, -0.2) is 14.2 Å². The van der Waals surface area contributed by atoms with Crippen molar-refractivity contribution in [2.24, 2.45) is 0 Å². The average molecular weight is 425 g/mol. The lowest BCUT2D eigenvalue weighted by Crippen LogP contribution is -2.25. The lowest BCUT2D eigenvalue weighted by molar-refractivity contribution is 0.414. The highest BCUT2D eigenvalue weighted by Gasteiger charge is 2.72. The molecule has 0 spiro atoms. The number of hydrogen-bond donors (Lipinski definition) is 0. The van der Waals surface area contributed by atoms with Crippen LogP contribution in [0.3, 0.4) is 0 Å². The third-order valence-corrected chi connectivity index (χ3v) is 8.08. The smallest absolute Gasteiger partial charge is 0.118 e. The molecule has 0 amide bonds. The van der Waals surface area contributed by atoms with E-state index in [0.29, 0.717) is 0 Å². The zero-order valence-electron chi connectivity index (χ0n) is 17.6. The van der Waals surface area contributed by atoms with Crippen molar-refractivity contribution >= 4 is 11.8 Å². The Morgan fingerprint density at radius 2 is 0.774 bits per heavy atom. The number of thioether (sulfide) groups is 1. The van der Waals surface area contributed by atoms with E-state index in [-0.39, 0.29) is 9.49 Å². The molecule has 31 heavy (non-hydrogen) atoms. The van der Waals surface area contributed by atoms with Crippen LogP contribution in [0.1, 0.15) is 22.3 Å². The Balaban J connectivity index is 1.77. The van der Waals surface area contributed by atoms with E-state index >= 15 is 0 Å². The van der Waals surface area contributed by atoms with Gasteiger partial charge in [0.1, 0.15) is 11.5 Å². The zero-order valence-corrected chi connectivity index (χ0v) is 18.4. The van der Waals surface area contributed by atoms with Crippen molar-refractivity contribution in [3.05, 3.63) is 131 Å². The number of benzene rings is 4. The summed E-state index contributed by atoms with van der Waals surface area (Å²) in [6.07, 6.45) is 0. The normalized spacial score (nSPS) is 15.8. The van der Waals surface area contributed by atoms with Gasteiger partial charge >= 0.3 is 0 Å². The predicted molar refractivity (Wildman–Crippen MR) is 128 cm³/mol. The van der Waals surface area contributed by atoms with Crippen LogP contribution >= 0.6 is 11.8 Å². The molecule has 1 fully saturated rings. The van der Waals surface area contributed by atoms with Gasteiger partial charge in [0.25, 0.3) is 0 Å². The SMILES string of the molecule is COc1ccc(C2(c3ccc(OC)cc3)SC2(c2ccccc2)c2ccccc2)cc1. The summed E-state index contributed by atoms with van der Waals surface area (Å²) >= 11 is 1.99. The molecule has 0 bridgehead atoms. The summed E-state index contributed by atoms with van der Waals surface area (Å²) in [4.78, 5) is 0. The van der Waals surface area contributed by atoms with Crippen LogP contribution in [0.5, 0.6) is 11.5 Å². The molecule has 0 aliphatic carbocycles. The molecule has 5 rings (SSSR count). The lowest BCUT2D eigenvalue weighted by Gasteiger charge is -2.26. The first kappa shape index (κ1) is 19.8. The third-order valence-electron chi connectivity index (χ3n) is 6.11. The number of methoxy groups -OCH3 is 2. The predicted octanol–water partition coefficient (Wildman–Crippen LogP) is 6.64. The Hall–Kier alpha value is -3.17. The van der Waals surface area contributed by atoms with Crippen LogP contribution < -0.4 is 9.47 Å². The molecule has 1 aliphatic heterocycles. The van der Waals surface area contributed by atoms with E-state index in [2.05, 4.69) is 109 Å². The first-order valence-corrected chi connectivity index (χ1v) is 11.2. The summed E-state index contributed by atoms with van der Waals surface area (Å²) < 4.78 is 10.4. The molecule has 154 valence electrons. The van der Waals surface area contributed by atoms with E-state index in [0.717, 1.165) is 11.5 Å². The van der Waals surface area contributed by atoms with Gasteiger partial charge in [-0.3, -0.25) is 0 Å². The summed E-state index contributed by atoms with van der Waals surface area (Å²) in [6.45, 7) is 0. The van der Waals surface area contributed by atoms with Crippen molar-refractivity contribution in [2.75, 3.05) is 14.2 Å². The van der Waals surface area contributed by atoms with Crippen LogP contribution in [0.2, 0.25) is 0 Å². The molecule has 0 aromatic heterocycles. The minimum Gasteiger partial charge on any atom is -0.497 e. The van der Waals surface area contributed by atoms with Crippen molar-refractivity contribution < 1.29 is 9.47 Å². The quantitative estimate of drug-likeness (QED) is 0.323. The maximum absolute atomic E-state index is 5.44. The van der Waals surface area contributed by atoms with E-state index in [1.807, 2.05) is 11.8 Å². The fourth-order valence-electron chi connectivity index (χ4n) is 4.58. The molecular weight excluding hydrogens is 400 g/mol. The van der Waals surface area contributed by atoms with Gasteiger partial charge in [-0.05, 0) is 46.5 Å². The van der Waals surface area contributed by atoms with Crippen LogP contribution in [0.25, 0.3) is 0 Å². The number of hydrogen-bond acceptors (Lipinski definition) is 3. The largest absolute Gasteiger partial charge is 0.497 e. The summed E-state index contributed by atoms with van der Waals surface area (Å²) in [7, 11) is 3.41. The molecule has 2 nitrogen and oxygen atoms in total. The van der Waals surface area contributed by atoms with Crippen molar-refractivity contribution in [3.8, 4) is 11.5 Å². The highest BCUT2D eigenvalue weighted by atomic mass is 32.2. The maximum Gasteiger partial charge on any atom is 0.118 e. The first-order chi connectivity index (χ1) is 15.2. The Morgan fingerprint density at radius 1 is 0.452 bits per heavy atom. The Morgan fingerprint density at radius 3 is 1.10 bits per heavy atom. The molecular formula is C28H24O2S. The Labute approximate surface area is 187 Å². The average Bonchev–Trinajstić information content (AvgIpc) is 3.58. The van der Waals surface area contributed by atoms with Gasteiger partial charge in [0.15, 0.2) is 0 Å². The van der Waals surface area contributed by atoms with Gasteiger partial charge in [0.05, 0.1) is 23.7 Å². The fraction of sp³-hybridized carbons (Fsp3) is 0.143. The van der Waals surface area contributed by atoms with Gasteiger partial charge in [-0.1, -0.05) is 84.9 Å². The highest BCUT2D eigenvalue weighted by Crippen LogP contribution is 2.80. The second-order valence-electron chi connectivity index (χ2n) is 7.65. The van der Waals surface area contributed by atoms with Crippen molar-refractivity contribution in [1.29, 1.82) is 0 Å². The first-order valence-electron chi connectivity index (χ1n) is 10.3. The van der Waals surface area contributed by atoms with E-state index < -0.39 is 0 Å². The minimum atomic E-state index is -0.256. The van der Waals surface area contributed by atoms with Gasteiger partial charge in [0.2, 0.25) is 0 Å². The van der Waals surface area contributed by atoms with Crippen molar-refractivity contribution in [1.82, 2.24) is 0 Å². The molecule has 0 saturated carbocycles. The van der Waals surface area contributed by atoms with Gasteiger partial charge in [-0.25, -0.2) is 0 Å². The van der Waals surface area contributed by atoms with Gasteiger partial charge in [-0.2, -0.15) is 0 Å². The van der Waals surface area contributed by atoms with Crippen LogP contribution in [0.15, 0.2) is 109 Å². The van der Waals surface area contributed by atoms with E-state index in [9.17, 15) is 0 Å². The fourth-order valence-corrected chi connectivity index (χ4v) is 6.48. The molecule has 4 aromatic rings. The van der Waals surface area contributed by atoms with Crippen molar-refractivity contribution in [2.45, 2.75) is 9.49 Å². The van der Waals surface area contributed by atoms with Crippen molar-refractivity contribution in [3.63, 3.8) is 0 Å². The second-order valence-corrected chi connectivity index (χ2v) is 9.08. The summed E-state index contributed by atoms with van der Waals surface area (Å²) in [5.74, 6) is 1.73. The summed E-state index contributed by atoms with van der Waals surface area (Å²) in [5.41, 5.74) is 5.13. The maximum atomic E-state index is 5.44. The van der Waals surface area contributed by atoms with E-state index in [4.69, 9.17) is 9.47 Å². The van der Waals surface area contributed by atoms with Crippen LogP contribution in [-0.2, 0) is 9.49 Å². The second kappa shape index (κ2) is 7.82. The lowest BCUT2D eigenvalue weighted by atomic mass is 9.74. The van der Waals surface area contributed by atoms with E-state index in [1.165, 1.54) is 22.3 Å². The third kappa shape index (κ3) is 3.03. The molecule has 4 aromatic carbocycles. The summed E-state index contributed by atoms with van der Waals surface area (Å²) in [5, 5.41) is 0. The van der Waals surface area contributed by atoms with Crippen LogP contribution in [0, 0.1) is 0 Å². The molecule has 1 saturated heterocycles. The molecule has 0 atom stereocenters. The molecule has 1 heterocycles. The minimum absolute atomic E-state index is 0.224. The van der Waals surface area contributed by atoms with Gasteiger partial charge < -0.3 is 9.47 Å². The standard InChI is InChI=1S/C28H24O2S/c1-29-25-17-13-23(14-18-25)28(24-15-19-26(30-2)20-16-24)27(31-28,21-9-5-3-6-10-21)22-11-7-4-8-12-22/h3-20H,1-2H3. The summed E-state index contributed by atoms with van der Waals surface area (Å²) in [6, 6.07) is 38.7. The number of rotatable bonds is 6. The molecule has 0 radical (unpaired) electrons. The molecule has 1 aliphatic rings. The van der Waals surface area contributed by atoms with E-state index in [1.54, 1.807) is 14.2 Å². The zero-order chi connectivity index (χ0) is 21.3. The molecule has 0 unspecified atom stereocenters. The molecule has 3 heteroatoms. The van der Waals surface area contributed by atoms with Crippen LogP contribution in [0.4, 0.5) is 0 Å². The van der Waals surface area contributed by atoms with Gasteiger partial charge in [-0.15, -0.1) is 11.8 Å². The molecule has 0 N–H and O–H groups in total. The Kier molecular flexibility index (Phi) is 4.99. The highest BCUT2D eigenvalue weighted by molar-refractivity contribution is 8.09. The topological polar surface area (TPSA) is 18.5 Å². The monoisotopic (exact) mass is 424 g/mol.